The molecule has 0 unspecified atom stereocenters. The summed E-state index contributed by atoms with van der Waals surface area (Å²) in [5.41, 5.74) is 1.01. The second-order valence-electron chi connectivity index (χ2n) is 5.23. The Morgan fingerprint density at radius 2 is 1.68 bits per heavy atom. The molecule has 2 rings (SSSR count). The predicted molar refractivity (Wildman–Crippen MR) is 96.3 cm³/mol. The minimum absolute atomic E-state index is 0.274. The van der Waals surface area contributed by atoms with Crippen LogP contribution in [0.4, 0.5) is 5.69 Å². The number of carbonyl (C=O) groups is 1. The summed E-state index contributed by atoms with van der Waals surface area (Å²) in [5, 5.41) is 2.83. The van der Waals surface area contributed by atoms with Gasteiger partial charge in [0.15, 0.2) is 11.5 Å². The zero-order valence-electron chi connectivity index (χ0n) is 14.9. The summed E-state index contributed by atoms with van der Waals surface area (Å²) in [5.74, 6) is 2.02. The van der Waals surface area contributed by atoms with Crippen molar-refractivity contribution in [3.05, 3.63) is 42.0 Å². The molecule has 0 bridgehead atoms. The van der Waals surface area contributed by atoms with Gasteiger partial charge >= 0.3 is 0 Å². The van der Waals surface area contributed by atoms with Crippen LogP contribution in [-0.4, -0.2) is 33.8 Å². The lowest BCUT2D eigenvalue weighted by Gasteiger charge is -2.13. The Bertz CT molecular complexity index is 730. The maximum atomic E-state index is 12.5. The Morgan fingerprint density at radius 3 is 2.32 bits per heavy atom. The van der Waals surface area contributed by atoms with Gasteiger partial charge in [0.25, 0.3) is 5.91 Å². The Labute approximate surface area is 147 Å². The highest BCUT2D eigenvalue weighted by Crippen LogP contribution is 2.31. The number of carbonyl (C=O) groups excluding carboxylic acids is 1. The first-order valence-electron chi connectivity index (χ1n) is 7.97. The molecule has 0 saturated carbocycles. The lowest BCUT2D eigenvalue weighted by atomic mass is 10.1. The second kappa shape index (κ2) is 8.82. The summed E-state index contributed by atoms with van der Waals surface area (Å²) in [6.45, 7) is 2.61. The van der Waals surface area contributed by atoms with Crippen LogP contribution in [-0.2, 0) is 0 Å². The molecule has 1 N–H and O–H groups in total. The van der Waals surface area contributed by atoms with Gasteiger partial charge < -0.3 is 24.3 Å². The van der Waals surface area contributed by atoms with Crippen molar-refractivity contribution in [3.63, 3.8) is 0 Å². The van der Waals surface area contributed by atoms with Crippen LogP contribution in [0.2, 0.25) is 0 Å². The molecular formula is C19H23NO5. The summed E-state index contributed by atoms with van der Waals surface area (Å²) in [7, 11) is 4.65. The summed E-state index contributed by atoms with van der Waals surface area (Å²) in [4.78, 5) is 12.5. The quantitative estimate of drug-likeness (QED) is 0.789. The fraction of sp³-hybridized carbons (Fsp3) is 0.316. The number of methoxy groups -OCH3 is 3. The van der Waals surface area contributed by atoms with Gasteiger partial charge in [0, 0.05) is 11.6 Å². The molecule has 0 radical (unpaired) electrons. The van der Waals surface area contributed by atoms with Crippen molar-refractivity contribution in [1.29, 1.82) is 0 Å². The van der Waals surface area contributed by atoms with Crippen LogP contribution >= 0.6 is 0 Å². The number of hydrogen-bond acceptors (Lipinski definition) is 5. The van der Waals surface area contributed by atoms with Gasteiger partial charge in [-0.25, -0.2) is 0 Å². The molecule has 2 aromatic carbocycles. The van der Waals surface area contributed by atoms with E-state index < -0.39 is 0 Å². The first-order valence-corrected chi connectivity index (χ1v) is 7.97. The molecule has 0 atom stereocenters. The third kappa shape index (κ3) is 4.56. The lowest BCUT2D eigenvalue weighted by Crippen LogP contribution is -2.13. The van der Waals surface area contributed by atoms with Crippen molar-refractivity contribution >= 4 is 11.6 Å². The highest BCUT2D eigenvalue weighted by molar-refractivity contribution is 6.05. The average molecular weight is 345 g/mol. The normalized spacial score (nSPS) is 10.1. The first-order chi connectivity index (χ1) is 12.1. The molecule has 0 spiro atoms. The van der Waals surface area contributed by atoms with E-state index in [2.05, 4.69) is 5.32 Å². The number of rotatable bonds is 8. The topological polar surface area (TPSA) is 66.0 Å². The molecule has 6 heteroatoms. The highest BCUT2D eigenvalue weighted by atomic mass is 16.5. The standard InChI is InChI=1S/C19H23NO5/c1-5-10-25-16-9-6-13(11-18(16)24-4)19(21)20-15-8-7-14(22-2)12-17(15)23-3/h6-9,11-12H,5,10H2,1-4H3,(H,20,21). The van der Waals surface area contributed by atoms with E-state index in [-0.39, 0.29) is 5.91 Å². The van der Waals surface area contributed by atoms with Crippen LogP contribution in [0, 0.1) is 0 Å². The maximum absolute atomic E-state index is 12.5. The van der Waals surface area contributed by atoms with E-state index in [4.69, 9.17) is 18.9 Å². The lowest BCUT2D eigenvalue weighted by molar-refractivity contribution is 0.102. The zero-order valence-corrected chi connectivity index (χ0v) is 14.9. The summed E-state index contributed by atoms with van der Waals surface area (Å²) >= 11 is 0. The van der Waals surface area contributed by atoms with Gasteiger partial charge in [-0.2, -0.15) is 0 Å². The van der Waals surface area contributed by atoms with Crippen molar-refractivity contribution in [3.8, 4) is 23.0 Å². The van der Waals surface area contributed by atoms with Crippen LogP contribution in [0.1, 0.15) is 23.7 Å². The van der Waals surface area contributed by atoms with Gasteiger partial charge in [0.1, 0.15) is 11.5 Å². The fourth-order valence-electron chi connectivity index (χ4n) is 2.24. The molecule has 0 saturated heterocycles. The van der Waals surface area contributed by atoms with Crippen molar-refractivity contribution in [2.75, 3.05) is 33.3 Å². The second-order valence-corrected chi connectivity index (χ2v) is 5.23. The maximum Gasteiger partial charge on any atom is 0.255 e. The first kappa shape index (κ1) is 18.4. The largest absolute Gasteiger partial charge is 0.497 e. The van der Waals surface area contributed by atoms with E-state index in [1.165, 1.54) is 7.11 Å². The van der Waals surface area contributed by atoms with E-state index in [0.717, 1.165) is 6.42 Å². The third-order valence-corrected chi connectivity index (χ3v) is 3.54. The van der Waals surface area contributed by atoms with Gasteiger partial charge in [0.05, 0.1) is 33.6 Å². The van der Waals surface area contributed by atoms with Crippen LogP contribution < -0.4 is 24.3 Å². The van der Waals surface area contributed by atoms with Crippen LogP contribution in [0.3, 0.4) is 0 Å². The summed E-state index contributed by atoms with van der Waals surface area (Å²) in [6.07, 6.45) is 0.892. The Morgan fingerprint density at radius 1 is 0.920 bits per heavy atom. The Hall–Kier alpha value is -2.89. The van der Waals surface area contributed by atoms with E-state index in [0.29, 0.717) is 40.9 Å². The molecule has 0 aromatic heterocycles. The van der Waals surface area contributed by atoms with E-state index in [9.17, 15) is 4.79 Å². The fourth-order valence-corrected chi connectivity index (χ4v) is 2.24. The smallest absolute Gasteiger partial charge is 0.255 e. The monoisotopic (exact) mass is 345 g/mol. The van der Waals surface area contributed by atoms with Gasteiger partial charge in [-0.05, 0) is 36.8 Å². The van der Waals surface area contributed by atoms with Gasteiger partial charge in [-0.3, -0.25) is 4.79 Å². The summed E-state index contributed by atoms with van der Waals surface area (Å²) in [6, 6.07) is 10.3. The molecule has 0 fully saturated rings. The molecule has 25 heavy (non-hydrogen) atoms. The zero-order chi connectivity index (χ0) is 18.2. The van der Waals surface area contributed by atoms with Crippen LogP contribution in [0.15, 0.2) is 36.4 Å². The number of benzene rings is 2. The number of amides is 1. The van der Waals surface area contributed by atoms with Gasteiger partial charge in [0.2, 0.25) is 0 Å². The molecule has 6 nitrogen and oxygen atoms in total. The van der Waals surface area contributed by atoms with E-state index in [1.54, 1.807) is 50.6 Å². The van der Waals surface area contributed by atoms with Crippen molar-refractivity contribution in [2.24, 2.45) is 0 Å². The molecule has 134 valence electrons. The molecule has 0 aliphatic carbocycles. The van der Waals surface area contributed by atoms with E-state index in [1.807, 2.05) is 6.92 Å². The van der Waals surface area contributed by atoms with Gasteiger partial charge in [-0.15, -0.1) is 0 Å². The molecule has 0 aliphatic rings. The Balaban J connectivity index is 2.20. The average Bonchev–Trinajstić information content (AvgIpc) is 2.66. The van der Waals surface area contributed by atoms with E-state index >= 15 is 0 Å². The molecule has 1 amide bonds. The number of anilines is 1. The van der Waals surface area contributed by atoms with Crippen molar-refractivity contribution < 1.29 is 23.7 Å². The number of nitrogens with one attached hydrogen (secondary N) is 1. The van der Waals surface area contributed by atoms with Gasteiger partial charge in [-0.1, -0.05) is 6.92 Å². The number of hydrogen-bond donors (Lipinski definition) is 1. The molecule has 2 aromatic rings. The predicted octanol–water partition coefficient (Wildman–Crippen LogP) is 3.75. The molecule has 0 aliphatic heterocycles. The third-order valence-electron chi connectivity index (χ3n) is 3.54. The van der Waals surface area contributed by atoms with Crippen LogP contribution in [0.5, 0.6) is 23.0 Å². The minimum atomic E-state index is -0.274. The Kier molecular flexibility index (Phi) is 6.51. The van der Waals surface area contributed by atoms with Crippen molar-refractivity contribution in [1.82, 2.24) is 0 Å². The number of ether oxygens (including phenoxy) is 4. The minimum Gasteiger partial charge on any atom is -0.497 e. The molecular weight excluding hydrogens is 322 g/mol. The van der Waals surface area contributed by atoms with Crippen LogP contribution in [0.25, 0.3) is 0 Å². The highest BCUT2D eigenvalue weighted by Gasteiger charge is 2.14. The SMILES string of the molecule is CCCOc1ccc(C(=O)Nc2ccc(OC)cc2OC)cc1OC. The molecule has 0 heterocycles. The summed E-state index contributed by atoms with van der Waals surface area (Å²) < 4.78 is 21.4. The van der Waals surface area contributed by atoms with Crippen molar-refractivity contribution in [2.45, 2.75) is 13.3 Å².